The molecule has 0 heterocycles. The van der Waals surface area contributed by atoms with Crippen molar-refractivity contribution in [3.63, 3.8) is 0 Å². The Morgan fingerprint density at radius 2 is 2.00 bits per heavy atom. The Morgan fingerprint density at radius 3 is 2.63 bits per heavy atom. The Labute approximate surface area is 112 Å². The van der Waals surface area contributed by atoms with E-state index in [0.29, 0.717) is 16.9 Å². The van der Waals surface area contributed by atoms with E-state index < -0.39 is 11.9 Å². The third-order valence-corrected chi connectivity index (χ3v) is 2.19. The molecule has 1 aromatic rings. The molecule has 0 aliphatic carbocycles. The summed E-state index contributed by atoms with van der Waals surface area (Å²) in [5.74, 6) is -0.573. The van der Waals surface area contributed by atoms with E-state index in [4.69, 9.17) is 9.47 Å². The molecule has 0 aliphatic heterocycles. The predicted octanol–water partition coefficient (Wildman–Crippen LogP) is 2.79. The SMILES string of the molecule is C=C(C)C(=O)OCc1ccccc1OC(=O)/C=C/C. The van der Waals surface area contributed by atoms with E-state index in [1.54, 1.807) is 44.2 Å². The van der Waals surface area contributed by atoms with Gasteiger partial charge in [0.25, 0.3) is 0 Å². The Bertz CT molecular complexity index is 515. The number of carbonyl (C=O) groups is 2. The standard InChI is InChI=1S/C15H16O4/c1-4-7-14(16)19-13-9-6-5-8-12(13)10-18-15(17)11(2)3/h4-9H,2,10H2,1,3H3/b7-4+. The normalized spacial score (nSPS) is 10.2. The van der Waals surface area contributed by atoms with Crippen molar-refractivity contribution in [3.8, 4) is 5.75 Å². The molecule has 4 heteroatoms. The van der Waals surface area contributed by atoms with Crippen LogP contribution in [0.4, 0.5) is 0 Å². The van der Waals surface area contributed by atoms with Crippen molar-refractivity contribution in [1.82, 2.24) is 0 Å². The predicted molar refractivity (Wildman–Crippen MR) is 71.5 cm³/mol. The summed E-state index contributed by atoms with van der Waals surface area (Å²) in [7, 11) is 0. The lowest BCUT2D eigenvalue weighted by molar-refractivity contribution is -0.140. The van der Waals surface area contributed by atoms with Gasteiger partial charge in [-0.2, -0.15) is 0 Å². The first-order valence-electron chi connectivity index (χ1n) is 5.79. The van der Waals surface area contributed by atoms with Crippen LogP contribution in [-0.4, -0.2) is 11.9 Å². The molecule has 1 aromatic carbocycles. The molecule has 0 bridgehead atoms. The van der Waals surface area contributed by atoms with Crippen molar-refractivity contribution >= 4 is 11.9 Å². The van der Waals surface area contributed by atoms with Crippen molar-refractivity contribution in [3.05, 3.63) is 54.1 Å². The highest BCUT2D eigenvalue weighted by Crippen LogP contribution is 2.19. The van der Waals surface area contributed by atoms with E-state index in [1.807, 2.05) is 0 Å². The monoisotopic (exact) mass is 260 g/mol. The molecule has 0 amide bonds. The number of benzene rings is 1. The third-order valence-electron chi connectivity index (χ3n) is 2.19. The summed E-state index contributed by atoms with van der Waals surface area (Å²) in [6.45, 7) is 6.82. The van der Waals surface area contributed by atoms with E-state index in [9.17, 15) is 9.59 Å². The number of hydrogen-bond donors (Lipinski definition) is 0. The van der Waals surface area contributed by atoms with Crippen molar-refractivity contribution in [2.45, 2.75) is 20.5 Å². The molecule has 0 N–H and O–H groups in total. The van der Waals surface area contributed by atoms with Crippen molar-refractivity contribution in [1.29, 1.82) is 0 Å². The zero-order valence-corrected chi connectivity index (χ0v) is 11.0. The molecule has 0 saturated heterocycles. The molecule has 0 aliphatic rings. The fourth-order valence-electron chi connectivity index (χ4n) is 1.27. The maximum atomic E-state index is 11.4. The largest absolute Gasteiger partial charge is 0.457 e. The third kappa shape index (κ3) is 4.79. The fraction of sp³-hybridized carbons (Fsp3) is 0.200. The Hall–Kier alpha value is -2.36. The molecular formula is C15H16O4. The highest BCUT2D eigenvalue weighted by atomic mass is 16.5. The van der Waals surface area contributed by atoms with Gasteiger partial charge in [0.2, 0.25) is 0 Å². The fourth-order valence-corrected chi connectivity index (χ4v) is 1.27. The van der Waals surface area contributed by atoms with Gasteiger partial charge in [-0.3, -0.25) is 0 Å². The van der Waals surface area contributed by atoms with E-state index in [1.165, 1.54) is 6.08 Å². The summed E-state index contributed by atoms with van der Waals surface area (Å²) in [6.07, 6.45) is 2.91. The Kier molecular flexibility index (Phi) is 5.54. The molecule has 1 rings (SSSR count). The lowest BCUT2D eigenvalue weighted by Gasteiger charge is -2.09. The first kappa shape index (κ1) is 14.7. The van der Waals surface area contributed by atoms with Gasteiger partial charge < -0.3 is 9.47 Å². The molecule has 0 unspecified atom stereocenters. The number of rotatable bonds is 5. The molecule has 0 spiro atoms. The molecule has 0 atom stereocenters. The zero-order chi connectivity index (χ0) is 14.3. The summed E-state index contributed by atoms with van der Waals surface area (Å²) < 4.78 is 10.2. The first-order chi connectivity index (χ1) is 9.04. The molecule has 19 heavy (non-hydrogen) atoms. The van der Waals surface area contributed by atoms with Gasteiger partial charge in [-0.25, -0.2) is 9.59 Å². The maximum Gasteiger partial charge on any atom is 0.335 e. The molecule has 0 fully saturated rings. The molecule has 100 valence electrons. The van der Waals surface area contributed by atoms with Crippen LogP contribution in [0, 0.1) is 0 Å². The molecular weight excluding hydrogens is 244 g/mol. The van der Waals surface area contributed by atoms with Gasteiger partial charge in [0.1, 0.15) is 12.4 Å². The lowest BCUT2D eigenvalue weighted by atomic mass is 10.2. The summed E-state index contributed by atoms with van der Waals surface area (Å²) in [6, 6.07) is 6.88. The first-order valence-corrected chi connectivity index (χ1v) is 5.79. The molecule has 4 nitrogen and oxygen atoms in total. The number of esters is 2. The van der Waals surface area contributed by atoms with Crippen LogP contribution in [0.15, 0.2) is 48.6 Å². The van der Waals surface area contributed by atoms with Crippen LogP contribution in [0.5, 0.6) is 5.75 Å². The number of hydrogen-bond acceptors (Lipinski definition) is 4. The van der Waals surface area contributed by atoms with E-state index in [-0.39, 0.29) is 6.61 Å². The van der Waals surface area contributed by atoms with Gasteiger partial charge >= 0.3 is 11.9 Å². The second-order valence-electron chi connectivity index (χ2n) is 3.89. The van der Waals surface area contributed by atoms with Crippen LogP contribution < -0.4 is 4.74 Å². The van der Waals surface area contributed by atoms with Crippen LogP contribution >= 0.6 is 0 Å². The van der Waals surface area contributed by atoms with Gasteiger partial charge in [0, 0.05) is 17.2 Å². The molecule has 0 saturated carbocycles. The highest BCUT2D eigenvalue weighted by molar-refractivity contribution is 5.87. The Morgan fingerprint density at radius 1 is 1.32 bits per heavy atom. The second-order valence-corrected chi connectivity index (χ2v) is 3.89. The van der Waals surface area contributed by atoms with Gasteiger partial charge in [0.15, 0.2) is 0 Å². The van der Waals surface area contributed by atoms with E-state index in [0.717, 1.165) is 0 Å². The van der Waals surface area contributed by atoms with Gasteiger partial charge in [-0.15, -0.1) is 0 Å². The van der Waals surface area contributed by atoms with E-state index in [2.05, 4.69) is 6.58 Å². The van der Waals surface area contributed by atoms with Gasteiger partial charge in [0.05, 0.1) is 0 Å². The molecule has 0 aromatic heterocycles. The number of ether oxygens (including phenoxy) is 2. The molecule has 0 radical (unpaired) electrons. The second kappa shape index (κ2) is 7.16. The summed E-state index contributed by atoms with van der Waals surface area (Å²) in [5, 5.41) is 0. The average Bonchev–Trinajstić information content (AvgIpc) is 2.37. The van der Waals surface area contributed by atoms with Crippen molar-refractivity contribution in [2.24, 2.45) is 0 Å². The number of para-hydroxylation sites is 1. The summed E-state index contributed by atoms with van der Waals surface area (Å²) in [5.41, 5.74) is 0.943. The minimum atomic E-state index is -0.477. The van der Waals surface area contributed by atoms with Crippen LogP contribution in [0.1, 0.15) is 19.4 Å². The minimum absolute atomic E-state index is 0.0327. The summed E-state index contributed by atoms with van der Waals surface area (Å²) >= 11 is 0. The van der Waals surface area contributed by atoms with Gasteiger partial charge in [-0.05, 0) is 19.9 Å². The maximum absolute atomic E-state index is 11.4. The van der Waals surface area contributed by atoms with Crippen LogP contribution in [0.2, 0.25) is 0 Å². The minimum Gasteiger partial charge on any atom is -0.457 e. The van der Waals surface area contributed by atoms with Crippen LogP contribution in [-0.2, 0) is 20.9 Å². The highest BCUT2D eigenvalue weighted by Gasteiger charge is 2.09. The number of allylic oxidation sites excluding steroid dienone is 1. The average molecular weight is 260 g/mol. The van der Waals surface area contributed by atoms with Crippen LogP contribution in [0.25, 0.3) is 0 Å². The van der Waals surface area contributed by atoms with Crippen molar-refractivity contribution in [2.75, 3.05) is 0 Å². The number of carbonyl (C=O) groups excluding carboxylic acids is 2. The zero-order valence-electron chi connectivity index (χ0n) is 11.0. The topological polar surface area (TPSA) is 52.6 Å². The Balaban J connectivity index is 2.75. The van der Waals surface area contributed by atoms with Crippen molar-refractivity contribution < 1.29 is 19.1 Å². The smallest absolute Gasteiger partial charge is 0.335 e. The quantitative estimate of drug-likeness (QED) is 0.464. The van der Waals surface area contributed by atoms with Gasteiger partial charge in [-0.1, -0.05) is 30.9 Å². The lowest BCUT2D eigenvalue weighted by Crippen LogP contribution is -2.09. The van der Waals surface area contributed by atoms with Crippen LogP contribution in [0.3, 0.4) is 0 Å². The van der Waals surface area contributed by atoms with E-state index >= 15 is 0 Å². The summed E-state index contributed by atoms with van der Waals surface area (Å²) in [4.78, 5) is 22.7.